The van der Waals surface area contributed by atoms with E-state index in [0.717, 1.165) is 0 Å². The van der Waals surface area contributed by atoms with Crippen LogP contribution in [0.5, 0.6) is 0 Å². The Balaban J connectivity index is 2.82. The van der Waals surface area contributed by atoms with Gasteiger partial charge in [0.15, 0.2) is 0 Å². The molecular formula is C17H19Cl2NO3. The molecule has 0 heterocycles. The molecule has 0 saturated carbocycles. The molecule has 4 nitrogen and oxygen atoms in total. The largest absolute Gasteiger partial charge is 0.458 e. The Morgan fingerprint density at radius 1 is 1.26 bits per heavy atom. The highest BCUT2D eigenvalue weighted by molar-refractivity contribution is 6.37. The van der Waals surface area contributed by atoms with Gasteiger partial charge in [-0.05, 0) is 38.5 Å². The molecule has 23 heavy (non-hydrogen) atoms. The molecule has 0 atom stereocenters. The number of allylic oxidation sites excluding steroid dienone is 1. The molecule has 1 N–H and O–H groups in total. The van der Waals surface area contributed by atoms with Crippen molar-refractivity contribution in [2.75, 3.05) is 0 Å². The molecular weight excluding hydrogens is 337 g/mol. The number of nitrogens with one attached hydrogen (secondary N) is 1. The smallest absolute Gasteiger partial charge is 0.354 e. The maximum Gasteiger partial charge on any atom is 0.354 e. The maximum absolute atomic E-state index is 12.0. The van der Waals surface area contributed by atoms with Crippen LogP contribution in [0.25, 0.3) is 6.08 Å². The van der Waals surface area contributed by atoms with Gasteiger partial charge in [-0.15, -0.1) is 0 Å². The van der Waals surface area contributed by atoms with E-state index in [-0.39, 0.29) is 11.8 Å². The second kappa shape index (κ2) is 9.38. The van der Waals surface area contributed by atoms with Crippen molar-refractivity contribution in [2.45, 2.75) is 33.3 Å². The third-order valence-electron chi connectivity index (χ3n) is 2.63. The molecule has 0 spiro atoms. The van der Waals surface area contributed by atoms with E-state index < -0.39 is 11.9 Å². The quantitative estimate of drug-likeness (QED) is 0.608. The van der Waals surface area contributed by atoms with E-state index in [1.54, 1.807) is 38.1 Å². The van der Waals surface area contributed by atoms with Gasteiger partial charge in [-0.2, -0.15) is 0 Å². The van der Waals surface area contributed by atoms with Crippen LogP contribution in [0.4, 0.5) is 0 Å². The van der Waals surface area contributed by atoms with E-state index in [4.69, 9.17) is 27.9 Å². The van der Waals surface area contributed by atoms with Gasteiger partial charge in [-0.1, -0.05) is 42.3 Å². The number of benzene rings is 1. The minimum Gasteiger partial charge on any atom is -0.458 e. The van der Waals surface area contributed by atoms with Crippen molar-refractivity contribution in [1.29, 1.82) is 0 Å². The molecule has 0 saturated heterocycles. The Hall–Kier alpha value is -1.78. The number of halogens is 2. The summed E-state index contributed by atoms with van der Waals surface area (Å²) in [6.07, 6.45) is 4.68. The Bertz CT molecular complexity index is 616. The fraction of sp³-hybridized carbons (Fsp3) is 0.294. The van der Waals surface area contributed by atoms with Crippen LogP contribution in [0.3, 0.4) is 0 Å². The fourth-order valence-electron chi connectivity index (χ4n) is 1.67. The molecule has 124 valence electrons. The zero-order valence-corrected chi connectivity index (χ0v) is 14.7. The van der Waals surface area contributed by atoms with Crippen molar-refractivity contribution < 1.29 is 14.3 Å². The van der Waals surface area contributed by atoms with Crippen LogP contribution in [-0.2, 0) is 14.3 Å². The summed E-state index contributed by atoms with van der Waals surface area (Å²) in [6.45, 7) is 5.33. The molecule has 1 amide bonds. The molecule has 0 aliphatic heterocycles. The minimum absolute atomic E-state index is 0.112. The lowest BCUT2D eigenvalue weighted by molar-refractivity contribution is -0.143. The van der Waals surface area contributed by atoms with E-state index in [9.17, 15) is 9.59 Å². The second-order valence-electron chi connectivity index (χ2n) is 4.94. The van der Waals surface area contributed by atoms with E-state index in [1.807, 2.05) is 6.92 Å². The summed E-state index contributed by atoms with van der Waals surface area (Å²) in [5, 5.41) is 3.38. The lowest BCUT2D eigenvalue weighted by Gasteiger charge is -2.11. The van der Waals surface area contributed by atoms with Gasteiger partial charge in [0.1, 0.15) is 5.70 Å². The minimum atomic E-state index is -0.570. The first kappa shape index (κ1) is 19.3. The van der Waals surface area contributed by atoms with Crippen LogP contribution in [0, 0.1) is 0 Å². The highest BCUT2D eigenvalue weighted by Crippen LogP contribution is 2.25. The average Bonchev–Trinajstić information content (AvgIpc) is 2.45. The van der Waals surface area contributed by atoms with Gasteiger partial charge >= 0.3 is 5.97 Å². The molecule has 1 rings (SSSR count). The SMILES string of the molecule is CCC=C(NC(=O)C=Cc1c(Cl)cccc1Cl)C(=O)OC(C)C. The van der Waals surface area contributed by atoms with Crippen molar-refractivity contribution in [2.24, 2.45) is 0 Å². The Morgan fingerprint density at radius 2 is 1.87 bits per heavy atom. The molecule has 6 heteroatoms. The topological polar surface area (TPSA) is 55.4 Å². The molecule has 0 aromatic heterocycles. The lowest BCUT2D eigenvalue weighted by atomic mass is 10.2. The normalized spacial score (nSPS) is 11.8. The first-order chi connectivity index (χ1) is 10.8. The lowest BCUT2D eigenvalue weighted by Crippen LogP contribution is -2.28. The summed E-state index contributed by atoms with van der Waals surface area (Å²) in [6, 6.07) is 5.06. The summed E-state index contributed by atoms with van der Waals surface area (Å²) >= 11 is 12.0. The molecule has 0 aliphatic carbocycles. The summed E-state index contributed by atoms with van der Waals surface area (Å²) in [5.41, 5.74) is 0.651. The summed E-state index contributed by atoms with van der Waals surface area (Å²) in [4.78, 5) is 23.9. The van der Waals surface area contributed by atoms with Crippen LogP contribution in [0.1, 0.15) is 32.8 Å². The van der Waals surface area contributed by atoms with Gasteiger partial charge in [0.25, 0.3) is 0 Å². The standard InChI is InChI=1S/C17H19Cl2NO3/c1-4-6-15(17(22)23-11(2)3)20-16(21)10-9-12-13(18)7-5-8-14(12)19/h5-11H,4H2,1-3H3,(H,20,21). The number of rotatable bonds is 6. The zero-order valence-electron chi connectivity index (χ0n) is 13.2. The van der Waals surface area contributed by atoms with E-state index in [2.05, 4.69) is 5.32 Å². The first-order valence-corrected chi connectivity index (χ1v) is 7.95. The van der Waals surface area contributed by atoms with Crippen molar-refractivity contribution >= 4 is 41.2 Å². The summed E-state index contributed by atoms with van der Waals surface area (Å²) in [5.74, 6) is -1.04. The number of carbonyl (C=O) groups is 2. The third-order valence-corrected chi connectivity index (χ3v) is 3.29. The Labute approximate surface area is 146 Å². The van der Waals surface area contributed by atoms with Gasteiger partial charge in [-0.25, -0.2) is 4.79 Å². The number of amides is 1. The van der Waals surface area contributed by atoms with Gasteiger partial charge in [-0.3, -0.25) is 4.79 Å². The van der Waals surface area contributed by atoms with Crippen LogP contribution < -0.4 is 5.32 Å². The van der Waals surface area contributed by atoms with Crippen LogP contribution in [0.15, 0.2) is 36.0 Å². The Morgan fingerprint density at radius 3 is 2.39 bits per heavy atom. The molecule has 0 unspecified atom stereocenters. The summed E-state index contributed by atoms with van der Waals surface area (Å²) in [7, 11) is 0. The highest BCUT2D eigenvalue weighted by Gasteiger charge is 2.14. The van der Waals surface area contributed by atoms with Crippen LogP contribution in [0.2, 0.25) is 10.0 Å². The van der Waals surface area contributed by atoms with E-state index in [0.29, 0.717) is 22.0 Å². The molecule has 0 bridgehead atoms. The van der Waals surface area contributed by atoms with Gasteiger partial charge in [0.2, 0.25) is 5.91 Å². The number of esters is 1. The highest BCUT2D eigenvalue weighted by atomic mass is 35.5. The summed E-state index contributed by atoms with van der Waals surface area (Å²) < 4.78 is 5.08. The fourth-order valence-corrected chi connectivity index (χ4v) is 2.19. The van der Waals surface area contributed by atoms with Gasteiger partial charge in [0, 0.05) is 21.7 Å². The molecule has 0 fully saturated rings. The van der Waals surface area contributed by atoms with Gasteiger partial charge in [0.05, 0.1) is 6.10 Å². The predicted octanol–water partition coefficient (Wildman–Crippen LogP) is 4.37. The number of hydrogen-bond donors (Lipinski definition) is 1. The van der Waals surface area contributed by atoms with Crippen LogP contribution >= 0.6 is 23.2 Å². The zero-order chi connectivity index (χ0) is 17.4. The monoisotopic (exact) mass is 355 g/mol. The number of hydrogen-bond acceptors (Lipinski definition) is 3. The van der Waals surface area contributed by atoms with Gasteiger partial charge < -0.3 is 10.1 Å². The average molecular weight is 356 g/mol. The molecule has 0 aliphatic rings. The van der Waals surface area contributed by atoms with Crippen molar-refractivity contribution in [3.8, 4) is 0 Å². The predicted molar refractivity (Wildman–Crippen MR) is 93.2 cm³/mol. The van der Waals surface area contributed by atoms with E-state index in [1.165, 1.54) is 12.2 Å². The molecule has 1 aromatic carbocycles. The second-order valence-corrected chi connectivity index (χ2v) is 5.75. The third kappa shape index (κ3) is 6.47. The van der Waals surface area contributed by atoms with E-state index >= 15 is 0 Å². The number of ether oxygens (including phenoxy) is 1. The molecule has 0 radical (unpaired) electrons. The maximum atomic E-state index is 12.0. The van der Waals surface area contributed by atoms with Crippen LogP contribution in [-0.4, -0.2) is 18.0 Å². The van der Waals surface area contributed by atoms with Crippen molar-refractivity contribution in [1.82, 2.24) is 5.32 Å². The Kier molecular flexibility index (Phi) is 7.86. The van der Waals surface area contributed by atoms with Crippen molar-refractivity contribution in [3.63, 3.8) is 0 Å². The number of carbonyl (C=O) groups excluding carboxylic acids is 2. The first-order valence-electron chi connectivity index (χ1n) is 7.19. The molecule has 1 aromatic rings. The van der Waals surface area contributed by atoms with Crippen molar-refractivity contribution in [3.05, 3.63) is 51.7 Å².